The van der Waals surface area contributed by atoms with Crippen molar-refractivity contribution < 1.29 is 19.7 Å². The van der Waals surface area contributed by atoms with E-state index in [1.165, 1.54) is 19.2 Å². The van der Waals surface area contributed by atoms with Crippen LogP contribution in [0.2, 0.25) is 0 Å². The monoisotopic (exact) mass is 269 g/mol. The average molecular weight is 269 g/mol. The Balaban J connectivity index is 2.40. The summed E-state index contributed by atoms with van der Waals surface area (Å²) in [6.45, 7) is 0. The number of carbonyl (C=O) groups is 1. The van der Waals surface area contributed by atoms with Gasteiger partial charge < -0.3 is 14.9 Å². The molecule has 0 heterocycles. The maximum absolute atomic E-state index is 12.5. The minimum atomic E-state index is -0.432. The molecule has 3 rings (SSSR count). The van der Waals surface area contributed by atoms with Crippen molar-refractivity contribution in [1.29, 1.82) is 5.41 Å². The first-order valence-electron chi connectivity index (χ1n) is 5.92. The Morgan fingerprint density at radius 2 is 1.65 bits per heavy atom. The number of fused-ring (bicyclic) bond motifs is 2. The number of phenolic OH excluding ortho intramolecular Hbond substituents is 2. The van der Waals surface area contributed by atoms with Crippen LogP contribution in [0.1, 0.15) is 27.0 Å². The number of ketones is 1. The van der Waals surface area contributed by atoms with Crippen LogP contribution in [-0.2, 0) is 0 Å². The smallest absolute Gasteiger partial charge is 0.198 e. The third-order valence-corrected chi connectivity index (χ3v) is 3.38. The van der Waals surface area contributed by atoms with E-state index in [1.807, 2.05) is 0 Å². The molecule has 5 nitrogen and oxygen atoms in total. The Morgan fingerprint density at radius 1 is 1.00 bits per heavy atom. The molecule has 0 aromatic heterocycles. The highest BCUT2D eigenvalue weighted by Crippen LogP contribution is 2.40. The molecule has 2 aromatic carbocycles. The van der Waals surface area contributed by atoms with E-state index in [4.69, 9.17) is 10.1 Å². The number of hydrogen-bond donors (Lipinski definition) is 3. The van der Waals surface area contributed by atoms with E-state index >= 15 is 0 Å². The number of ether oxygens (including phenoxy) is 1. The first-order valence-corrected chi connectivity index (χ1v) is 5.92. The minimum Gasteiger partial charge on any atom is -0.507 e. The Bertz CT molecular complexity index is 765. The molecule has 3 N–H and O–H groups in total. The molecular formula is C15H11NO4. The van der Waals surface area contributed by atoms with Crippen LogP contribution in [0.25, 0.3) is 0 Å². The van der Waals surface area contributed by atoms with E-state index in [0.29, 0.717) is 11.3 Å². The zero-order chi connectivity index (χ0) is 14.4. The molecule has 0 amide bonds. The molecule has 20 heavy (non-hydrogen) atoms. The molecule has 2 aromatic rings. The molecule has 0 radical (unpaired) electrons. The molecule has 0 aliphatic heterocycles. The molecule has 0 saturated heterocycles. The summed E-state index contributed by atoms with van der Waals surface area (Å²) < 4.78 is 5.18. The van der Waals surface area contributed by atoms with Crippen LogP contribution < -0.4 is 4.74 Å². The van der Waals surface area contributed by atoms with Gasteiger partial charge in [0.2, 0.25) is 0 Å². The summed E-state index contributed by atoms with van der Waals surface area (Å²) in [6.07, 6.45) is 0. The standard InChI is InChI=1S/C15H11NO4/c1-20-10-4-2-3-7-11(10)14(16)12-8(17)5-6-9(18)13(12)15(7)19/h2-6,16-18H,1H3. The lowest BCUT2D eigenvalue weighted by Crippen LogP contribution is -2.22. The maximum Gasteiger partial charge on any atom is 0.198 e. The molecule has 0 spiro atoms. The van der Waals surface area contributed by atoms with E-state index in [1.54, 1.807) is 18.2 Å². The number of carbonyl (C=O) groups excluding carboxylic acids is 1. The van der Waals surface area contributed by atoms with Gasteiger partial charge in [-0.25, -0.2) is 0 Å². The van der Waals surface area contributed by atoms with Crippen LogP contribution in [0.4, 0.5) is 0 Å². The topological polar surface area (TPSA) is 90.6 Å². The molecule has 0 atom stereocenters. The lowest BCUT2D eigenvalue weighted by Gasteiger charge is -2.22. The second-order valence-corrected chi connectivity index (χ2v) is 4.44. The largest absolute Gasteiger partial charge is 0.507 e. The molecular weight excluding hydrogens is 258 g/mol. The van der Waals surface area contributed by atoms with Gasteiger partial charge in [-0.1, -0.05) is 12.1 Å². The summed E-state index contributed by atoms with van der Waals surface area (Å²) in [6, 6.07) is 7.36. The van der Waals surface area contributed by atoms with E-state index in [0.717, 1.165) is 0 Å². The van der Waals surface area contributed by atoms with Gasteiger partial charge in [-0.05, 0) is 18.2 Å². The number of rotatable bonds is 1. The molecule has 0 bridgehead atoms. The normalized spacial score (nSPS) is 12.8. The number of methoxy groups -OCH3 is 1. The fourth-order valence-corrected chi connectivity index (χ4v) is 2.47. The van der Waals surface area contributed by atoms with Gasteiger partial charge >= 0.3 is 0 Å². The molecule has 1 aliphatic rings. The van der Waals surface area contributed by atoms with Crippen LogP contribution in [0.5, 0.6) is 17.2 Å². The zero-order valence-corrected chi connectivity index (χ0v) is 10.6. The Kier molecular flexibility index (Phi) is 2.50. The Hall–Kier alpha value is -2.82. The second kappa shape index (κ2) is 4.09. The van der Waals surface area contributed by atoms with E-state index in [-0.39, 0.29) is 33.9 Å². The fourth-order valence-electron chi connectivity index (χ4n) is 2.47. The number of benzene rings is 2. The van der Waals surface area contributed by atoms with Crippen LogP contribution in [-0.4, -0.2) is 28.8 Å². The highest BCUT2D eigenvalue weighted by Gasteiger charge is 2.33. The molecule has 100 valence electrons. The number of aromatic hydroxyl groups is 2. The number of hydrogen-bond acceptors (Lipinski definition) is 5. The highest BCUT2D eigenvalue weighted by atomic mass is 16.5. The van der Waals surface area contributed by atoms with Gasteiger partial charge in [0, 0.05) is 5.56 Å². The Labute approximate surface area is 114 Å². The summed E-state index contributed by atoms with van der Waals surface area (Å²) >= 11 is 0. The fraction of sp³-hybridized carbons (Fsp3) is 0.0667. The highest BCUT2D eigenvalue weighted by molar-refractivity contribution is 6.31. The molecule has 5 heteroatoms. The van der Waals surface area contributed by atoms with Crippen LogP contribution >= 0.6 is 0 Å². The SMILES string of the molecule is COc1cccc2c1C(=N)c1c(O)ccc(O)c1C2=O. The van der Waals surface area contributed by atoms with E-state index < -0.39 is 5.78 Å². The van der Waals surface area contributed by atoms with Gasteiger partial charge in [0.05, 0.1) is 29.5 Å². The van der Waals surface area contributed by atoms with Crippen molar-refractivity contribution >= 4 is 11.5 Å². The summed E-state index contributed by atoms with van der Waals surface area (Å²) in [5.74, 6) is -0.513. The first-order chi connectivity index (χ1) is 9.56. The predicted octanol–water partition coefficient (Wildman–Crippen LogP) is 2.07. The zero-order valence-electron chi connectivity index (χ0n) is 10.6. The summed E-state index contributed by atoms with van der Waals surface area (Å²) in [4.78, 5) is 12.5. The van der Waals surface area contributed by atoms with Crippen molar-refractivity contribution in [2.45, 2.75) is 0 Å². The lowest BCUT2D eigenvalue weighted by atomic mass is 9.82. The van der Waals surface area contributed by atoms with Gasteiger partial charge in [-0.3, -0.25) is 10.2 Å². The van der Waals surface area contributed by atoms with Gasteiger partial charge in [0.25, 0.3) is 0 Å². The second-order valence-electron chi connectivity index (χ2n) is 4.44. The predicted molar refractivity (Wildman–Crippen MR) is 72.1 cm³/mol. The van der Waals surface area contributed by atoms with Gasteiger partial charge in [-0.15, -0.1) is 0 Å². The molecule has 1 aliphatic carbocycles. The maximum atomic E-state index is 12.5. The summed E-state index contributed by atoms with van der Waals surface area (Å²) in [5, 5.41) is 28.0. The van der Waals surface area contributed by atoms with Crippen LogP contribution in [0.3, 0.4) is 0 Å². The quantitative estimate of drug-likeness (QED) is 0.590. The van der Waals surface area contributed by atoms with Crippen molar-refractivity contribution in [2.24, 2.45) is 0 Å². The number of phenols is 2. The molecule has 0 unspecified atom stereocenters. The summed E-state index contributed by atoms with van der Waals surface area (Å²) in [7, 11) is 1.45. The molecule has 0 saturated carbocycles. The molecule has 0 fully saturated rings. The number of nitrogens with one attached hydrogen (secondary N) is 1. The lowest BCUT2D eigenvalue weighted by molar-refractivity contribution is 0.103. The van der Waals surface area contributed by atoms with Gasteiger partial charge in [0.1, 0.15) is 17.2 Å². The van der Waals surface area contributed by atoms with Crippen molar-refractivity contribution in [3.05, 3.63) is 52.6 Å². The minimum absolute atomic E-state index is 0.0343. The summed E-state index contributed by atoms with van der Waals surface area (Å²) in [5.41, 5.74) is 0.555. The van der Waals surface area contributed by atoms with E-state index in [9.17, 15) is 15.0 Å². The average Bonchev–Trinajstić information content (AvgIpc) is 2.46. The van der Waals surface area contributed by atoms with Crippen LogP contribution in [0, 0.1) is 5.41 Å². The Morgan fingerprint density at radius 3 is 2.30 bits per heavy atom. The first kappa shape index (κ1) is 12.2. The van der Waals surface area contributed by atoms with Crippen molar-refractivity contribution in [3.63, 3.8) is 0 Å². The van der Waals surface area contributed by atoms with Crippen LogP contribution in [0.15, 0.2) is 30.3 Å². The van der Waals surface area contributed by atoms with Crippen molar-refractivity contribution in [1.82, 2.24) is 0 Å². The van der Waals surface area contributed by atoms with Gasteiger partial charge in [-0.2, -0.15) is 0 Å². The van der Waals surface area contributed by atoms with Crippen molar-refractivity contribution in [2.75, 3.05) is 7.11 Å². The third kappa shape index (κ3) is 1.43. The van der Waals surface area contributed by atoms with Gasteiger partial charge in [0.15, 0.2) is 5.78 Å². The third-order valence-electron chi connectivity index (χ3n) is 3.38. The van der Waals surface area contributed by atoms with Crippen molar-refractivity contribution in [3.8, 4) is 17.2 Å². The van der Waals surface area contributed by atoms with E-state index in [2.05, 4.69) is 0 Å².